The van der Waals surface area contributed by atoms with Gasteiger partial charge in [0.1, 0.15) is 12.6 Å². The summed E-state index contributed by atoms with van der Waals surface area (Å²) in [6.07, 6.45) is 0.143. The Morgan fingerprint density at radius 2 is 1.40 bits per heavy atom. The molecule has 0 radical (unpaired) electrons. The summed E-state index contributed by atoms with van der Waals surface area (Å²) in [5.41, 5.74) is 0.836. The molecule has 0 aromatic heterocycles. The average molecular weight is 713 g/mol. The third-order valence-corrected chi connectivity index (χ3v) is 9.90. The molecule has 1 atom stereocenters. The number of nitrogens with zero attached hydrogens (tertiary/aromatic N) is 2. The summed E-state index contributed by atoms with van der Waals surface area (Å²) >= 11 is 13.2. The molecule has 4 aromatic rings. The van der Waals surface area contributed by atoms with Crippen molar-refractivity contribution in [2.24, 2.45) is 0 Å². The Bertz CT molecular complexity index is 1810. The van der Waals surface area contributed by atoms with Crippen LogP contribution in [0.2, 0.25) is 10.0 Å². The summed E-state index contributed by atoms with van der Waals surface area (Å²) in [4.78, 5) is 29.9. The number of ether oxygens (including phenoxy) is 2. The van der Waals surface area contributed by atoms with Crippen LogP contribution in [0.5, 0.6) is 11.5 Å². The van der Waals surface area contributed by atoms with Gasteiger partial charge in [0.25, 0.3) is 10.0 Å². The molecule has 9 nitrogen and oxygen atoms in total. The van der Waals surface area contributed by atoms with Gasteiger partial charge in [-0.3, -0.25) is 13.9 Å². The first-order valence-corrected chi connectivity index (χ1v) is 17.3. The van der Waals surface area contributed by atoms with Gasteiger partial charge in [0, 0.05) is 40.2 Å². The van der Waals surface area contributed by atoms with E-state index < -0.39 is 40.0 Å². The molecule has 12 heteroatoms. The van der Waals surface area contributed by atoms with E-state index in [2.05, 4.69) is 5.32 Å². The number of carbonyl (C=O) groups is 2. The van der Waals surface area contributed by atoms with Crippen LogP contribution in [0, 0.1) is 0 Å². The zero-order valence-corrected chi connectivity index (χ0v) is 29.8. The Morgan fingerprint density at radius 3 is 1.96 bits per heavy atom. The van der Waals surface area contributed by atoms with Crippen LogP contribution in [-0.4, -0.2) is 57.5 Å². The molecule has 0 bridgehead atoms. The van der Waals surface area contributed by atoms with Crippen molar-refractivity contribution in [2.45, 2.75) is 50.2 Å². The van der Waals surface area contributed by atoms with Crippen LogP contribution in [0.3, 0.4) is 0 Å². The van der Waals surface area contributed by atoms with Crippen molar-refractivity contribution >= 4 is 50.7 Å². The first-order valence-electron chi connectivity index (χ1n) is 15.1. The molecule has 0 aliphatic heterocycles. The van der Waals surface area contributed by atoms with Gasteiger partial charge in [0.15, 0.2) is 11.5 Å². The average Bonchev–Trinajstić information content (AvgIpc) is 3.05. The predicted molar refractivity (Wildman–Crippen MR) is 189 cm³/mol. The van der Waals surface area contributed by atoms with Crippen LogP contribution in [0.1, 0.15) is 31.9 Å². The summed E-state index contributed by atoms with van der Waals surface area (Å²) in [7, 11) is -1.52. The maximum absolute atomic E-state index is 14.7. The van der Waals surface area contributed by atoms with E-state index in [1.165, 1.54) is 37.3 Å². The van der Waals surface area contributed by atoms with E-state index in [0.717, 1.165) is 9.87 Å². The van der Waals surface area contributed by atoms with Gasteiger partial charge in [0.2, 0.25) is 11.8 Å². The molecule has 4 aromatic carbocycles. The minimum atomic E-state index is -4.37. The number of methoxy groups -OCH3 is 2. The van der Waals surface area contributed by atoms with Gasteiger partial charge in [-0.1, -0.05) is 77.8 Å². The van der Waals surface area contributed by atoms with Crippen molar-refractivity contribution in [3.05, 3.63) is 118 Å². The predicted octanol–water partition coefficient (Wildman–Crippen LogP) is 6.76. The molecular formula is C36H39Cl2N3O6S. The quantitative estimate of drug-likeness (QED) is 0.164. The van der Waals surface area contributed by atoms with Crippen molar-refractivity contribution in [3.8, 4) is 11.5 Å². The fourth-order valence-electron chi connectivity index (χ4n) is 5.09. The fourth-order valence-corrected chi connectivity index (χ4v) is 7.03. The number of halogens is 2. The number of carbonyl (C=O) groups excluding carboxylic acids is 2. The summed E-state index contributed by atoms with van der Waals surface area (Å²) in [6, 6.07) is 25.7. The minimum absolute atomic E-state index is 0.121. The van der Waals surface area contributed by atoms with Gasteiger partial charge in [-0.2, -0.15) is 0 Å². The smallest absolute Gasteiger partial charge is 0.264 e. The van der Waals surface area contributed by atoms with E-state index in [4.69, 9.17) is 32.7 Å². The molecular weight excluding hydrogens is 673 g/mol. The van der Waals surface area contributed by atoms with Gasteiger partial charge < -0.3 is 19.7 Å². The van der Waals surface area contributed by atoms with Gasteiger partial charge in [-0.15, -0.1) is 0 Å². The van der Waals surface area contributed by atoms with E-state index in [1.807, 2.05) is 51.1 Å². The molecule has 4 rings (SSSR count). The molecule has 2 amide bonds. The molecule has 0 saturated heterocycles. The number of para-hydroxylation sites is 1. The van der Waals surface area contributed by atoms with Crippen LogP contribution < -0.4 is 19.1 Å². The third kappa shape index (κ3) is 9.00. The fraction of sp³-hybridized carbons (Fsp3) is 0.278. The monoisotopic (exact) mass is 711 g/mol. The number of hydrogen-bond acceptors (Lipinski definition) is 6. The molecule has 0 heterocycles. The van der Waals surface area contributed by atoms with Crippen LogP contribution in [0.4, 0.5) is 5.69 Å². The Hall–Kier alpha value is -4.25. The number of sulfonamides is 1. The second-order valence-corrected chi connectivity index (χ2v) is 14.7. The van der Waals surface area contributed by atoms with Crippen LogP contribution in [-0.2, 0) is 32.6 Å². The highest BCUT2D eigenvalue weighted by molar-refractivity contribution is 7.92. The second kappa shape index (κ2) is 15.8. The van der Waals surface area contributed by atoms with E-state index in [0.29, 0.717) is 21.4 Å². The van der Waals surface area contributed by atoms with Crippen molar-refractivity contribution < 1.29 is 27.5 Å². The van der Waals surface area contributed by atoms with Crippen LogP contribution in [0.25, 0.3) is 0 Å². The van der Waals surface area contributed by atoms with E-state index in [-0.39, 0.29) is 29.3 Å². The Labute approximate surface area is 292 Å². The molecule has 0 fully saturated rings. The van der Waals surface area contributed by atoms with Crippen molar-refractivity contribution in [3.63, 3.8) is 0 Å². The van der Waals surface area contributed by atoms with Crippen molar-refractivity contribution in [1.82, 2.24) is 10.2 Å². The lowest BCUT2D eigenvalue weighted by Gasteiger charge is -2.35. The molecule has 1 N–H and O–H groups in total. The van der Waals surface area contributed by atoms with Crippen LogP contribution in [0.15, 0.2) is 102 Å². The first kappa shape index (κ1) is 36.6. The number of anilines is 1. The number of benzene rings is 4. The number of amides is 2. The first-order chi connectivity index (χ1) is 22.7. The van der Waals surface area contributed by atoms with Gasteiger partial charge in [-0.05, 0) is 62.7 Å². The van der Waals surface area contributed by atoms with Crippen molar-refractivity contribution in [2.75, 3.05) is 25.1 Å². The summed E-state index contributed by atoms with van der Waals surface area (Å²) in [5, 5.41) is 3.60. The standard InChI is InChI=1S/C36H39Cl2N3O6S/c1-36(2,3)39-35(43)31(21-25-13-8-6-9-14-25)40(23-28-29(37)17-12-18-30(28)38)34(42)24-41(26-15-10-7-11-16-26)48(44,45)27-19-20-32(46-4)33(22-27)47-5/h6-20,22,31H,21,23-24H2,1-5H3,(H,39,43)/t31-/m0/s1. The lowest BCUT2D eigenvalue weighted by molar-refractivity contribution is -0.140. The second-order valence-electron chi connectivity index (χ2n) is 12.0. The zero-order chi connectivity index (χ0) is 35.1. The molecule has 0 spiro atoms. The largest absolute Gasteiger partial charge is 0.493 e. The van der Waals surface area contributed by atoms with Crippen molar-refractivity contribution in [1.29, 1.82) is 0 Å². The van der Waals surface area contributed by atoms with E-state index >= 15 is 0 Å². The molecule has 254 valence electrons. The lowest BCUT2D eigenvalue weighted by atomic mass is 10.0. The SMILES string of the molecule is COc1ccc(S(=O)(=O)N(CC(=O)N(Cc2c(Cl)cccc2Cl)[C@@H](Cc2ccccc2)C(=O)NC(C)(C)C)c2ccccc2)cc1OC. The Morgan fingerprint density at radius 1 is 0.812 bits per heavy atom. The van der Waals surface area contributed by atoms with Gasteiger partial charge >= 0.3 is 0 Å². The highest BCUT2D eigenvalue weighted by atomic mass is 35.5. The summed E-state index contributed by atoms with van der Waals surface area (Å²) < 4.78 is 40.4. The summed E-state index contributed by atoms with van der Waals surface area (Å²) in [6.45, 7) is 4.72. The highest BCUT2D eigenvalue weighted by Gasteiger charge is 2.36. The molecule has 0 aliphatic carbocycles. The Kier molecular flexibility index (Phi) is 12.0. The van der Waals surface area contributed by atoms with Gasteiger partial charge in [0.05, 0.1) is 24.8 Å². The number of nitrogens with one attached hydrogen (secondary N) is 1. The number of rotatable bonds is 13. The zero-order valence-electron chi connectivity index (χ0n) is 27.4. The molecule has 0 saturated carbocycles. The topological polar surface area (TPSA) is 105 Å². The minimum Gasteiger partial charge on any atom is -0.493 e. The Balaban J connectivity index is 1.85. The molecule has 0 unspecified atom stereocenters. The maximum atomic E-state index is 14.7. The van der Waals surface area contributed by atoms with Crippen LogP contribution >= 0.6 is 23.2 Å². The van der Waals surface area contributed by atoms with Gasteiger partial charge in [-0.25, -0.2) is 8.42 Å². The maximum Gasteiger partial charge on any atom is 0.264 e. The highest BCUT2D eigenvalue weighted by Crippen LogP contribution is 2.33. The molecule has 48 heavy (non-hydrogen) atoms. The third-order valence-electron chi connectivity index (χ3n) is 7.43. The number of hydrogen-bond donors (Lipinski definition) is 1. The van der Waals surface area contributed by atoms with E-state index in [9.17, 15) is 18.0 Å². The molecule has 0 aliphatic rings. The van der Waals surface area contributed by atoms with E-state index in [1.54, 1.807) is 48.5 Å². The summed E-state index contributed by atoms with van der Waals surface area (Å²) in [5.74, 6) is -0.523. The lowest BCUT2D eigenvalue weighted by Crippen LogP contribution is -2.56. The normalized spacial score (nSPS) is 12.1.